The lowest BCUT2D eigenvalue weighted by molar-refractivity contribution is -0.128. The van der Waals surface area contributed by atoms with Gasteiger partial charge in [-0.3, -0.25) is 0 Å². The third kappa shape index (κ3) is 3.83. The van der Waals surface area contributed by atoms with Crippen LogP contribution in [-0.2, 0) is 4.79 Å². The van der Waals surface area contributed by atoms with Gasteiger partial charge in [0.15, 0.2) is 0 Å². The zero-order valence-corrected chi connectivity index (χ0v) is 14.7. The molecule has 0 saturated heterocycles. The first-order valence-electron chi connectivity index (χ1n) is 7.80. The lowest BCUT2D eigenvalue weighted by Gasteiger charge is -2.08. The molecule has 0 N–H and O–H groups in total. The highest BCUT2D eigenvalue weighted by Gasteiger charge is 2.08. The van der Waals surface area contributed by atoms with Gasteiger partial charge in [-0.2, -0.15) is 0 Å². The van der Waals surface area contributed by atoms with Crippen LogP contribution in [0.2, 0.25) is 5.02 Å². The molecule has 3 nitrogen and oxygen atoms in total. The number of methoxy groups -OCH3 is 1. The fraction of sp³-hybridized carbons (Fsp3) is 0.0952. The van der Waals surface area contributed by atoms with Crippen LogP contribution in [0, 0.1) is 6.92 Å². The van der Waals surface area contributed by atoms with Crippen LogP contribution in [0.25, 0.3) is 16.8 Å². The van der Waals surface area contributed by atoms with Crippen LogP contribution in [0.4, 0.5) is 0 Å². The molecule has 0 heterocycles. The number of halogens is 1. The fourth-order valence-corrected chi connectivity index (χ4v) is 2.84. The highest BCUT2D eigenvalue weighted by Crippen LogP contribution is 2.31. The number of hydrogen-bond donors (Lipinski definition) is 0. The summed E-state index contributed by atoms with van der Waals surface area (Å²) in [4.78, 5) is 12.2. The van der Waals surface area contributed by atoms with Gasteiger partial charge in [0, 0.05) is 27.4 Å². The quantitative estimate of drug-likeness (QED) is 0.357. The molecule has 3 rings (SSSR count). The Balaban J connectivity index is 1.84. The molecule has 0 spiro atoms. The third-order valence-corrected chi connectivity index (χ3v) is 4.16. The maximum absolute atomic E-state index is 12.2. The molecule has 0 aliphatic carbocycles. The lowest BCUT2D eigenvalue weighted by Crippen LogP contribution is -2.04. The molecule has 4 heteroatoms. The van der Waals surface area contributed by atoms with Gasteiger partial charge in [-0.25, -0.2) is 4.79 Å². The number of esters is 1. The van der Waals surface area contributed by atoms with Crippen LogP contribution in [0.3, 0.4) is 0 Å². The maximum Gasteiger partial charge on any atom is 0.336 e. The number of carbonyl (C=O) groups is 1. The molecular formula is C21H17ClO3. The van der Waals surface area contributed by atoms with Crippen molar-refractivity contribution >= 4 is 34.4 Å². The predicted molar refractivity (Wildman–Crippen MR) is 101 cm³/mol. The number of fused-ring (bicyclic) bond motifs is 1. The van der Waals surface area contributed by atoms with Gasteiger partial charge in [-0.05, 0) is 37.3 Å². The van der Waals surface area contributed by atoms with Gasteiger partial charge in [-0.1, -0.05) is 47.5 Å². The van der Waals surface area contributed by atoms with Crippen molar-refractivity contribution in [2.24, 2.45) is 0 Å². The standard InChI is InChI=1S/C21H17ClO3/c1-14-7-10-19(24-2)15(13-14)8-12-21(23)25-20-11-9-18(22)16-5-3-4-6-17(16)20/h3-13H,1-2H3/b12-8+. The average Bonchev–Trinajstić information content (AvgIpc) is 2.63. The molecule has 0 amide bonds. The van der Waals surface area contributed by atoms with Crippen molar-refractivity contribution in [3.8, 4) is 11.5 Å². The molecule has 3 aromatic rings. The van der Waals surface area contributed by atoms with E-state index in [0.29, 0.717) is 16.5 Å². The summed E-state index contributed by atoms with van der Waals surface area (Å²) in [6, 6.07) is 16.7. The van der Waals surface area contributed by atoms with Crippen LogP contribution in [0.15, 0.2) is 60.7 Å². The molecule has 0 fully saturated rings. The number of benzene rings is 3. The Hall–Kier alpha value is -2.78. The van der Waals surface area contributed by atoms with E-state index in [9.17, 15) is 4.79 Å². The third-order valence-electron chi connectivity index (χ3n) is 3.83. The average molecular weight is 353 g/mol. The normalized spacial score (nSPS) is 11.0. The van der Waals surface area contributed by atoms with Gasteiger partial charge in [0.1, 0.15) is 11.5 Å². The maximum atomic E-state index is 12.2. The van der Waals surface area contributed by atoms with Crippen molar-refractivity contribution in [1.82, 2.24) is 0 Å². The molecule has 25 heavy (non-hydrogen) atoms. The molecule has 0 radical (unpaired) electrons. The summed E-state index contributed by atoms with van der Waals surface area (Å²) in [5.74, 6) is 0.716. The van der Waals surface area contributed by atoms with E-state index in [0.717, 1.165) is 21.9 Å². The van der Waals surface area contributed by atoms with E-state index in [1.165, 1.54) is 6.08 Å². The first-order chi connectivity index (χ1) is 12.1. The molecule has 0 aliphatic rings. The van der Waals surface area contributed by atoms with Crippen molar-refractivity contribution in [1.29, 1.82) is 0 Å². The van der Waals surface area contributed by atoms with Gasteiger partial charge in [0.05, 0.1) is 7.11 Å². The minimum absolute atomic E-state index is 0.462. The van der Waals surface area contributed by atoms with Crippen LogP contribution in [0.1, 0.15) is 11.1 Å². The van der Waals surface area contributed by atoms with Crippen molar-refractivity contribution in [3.63, 3.8) is 0 Å². The Morgan fingerprint density at radius 3 is 2.48 bits per heavy atom. The van der Waals surface area contributed by atoms with E-state index in [4.69, 9.17) is 21.1 Å². The summed E-state index contributed by atoms with van der Waals surface area (Å²) in [7, 11) is 1.60. The SMILES string of the molecule is COc1ccc(C)cc1/C=C/C(=O)Oc1ccc(Cl)c2ccccc12. The second kappa shape index (κ2) is 7.41. The summed E-state index contributed by atoms with van der Waals surface area (Å²) in [5, 5.41) is 2.26. The number of carbonyl (C=O) groups excluding carboxylic acids is 1. The van der Waals surface area contributed by atoms with Crippen LogP contribution in [0.5, 0.6) is 11.5 Å². The van der Waals surface area contributed by atoms with Gasteiger partial charge < -0.3 is 9.47 Å². The zero-order chi connectivity index (χ0) is 17.8. The Kier molecular flexibility index (Phi) is 5.05. The van der Waals surface area contributed by atoms with Gasteiger partial charge >= 0.3 is 5.97 Å². The fourth-order valence-electron chi connectivity index (χ4n) is 2.61. The number of hydrogen-bond acceptors (Lipinski definition) is 3. The summed E-state index contributed by atoms with van der Waals surface area (Å²) >= 11 is 6.19. The molecule has 0 saturated carbocycles. The number of ether oxygens (including phenoxy) is 2. The first kappa shape index (κ1) is 17.1. The summed E-state index contributed by atoms with van der Waals surface area (Å²) in [6.45, 7) is 1.98. The number of aryl methyl sites for hydroxylation is 1. The second-order valence-corrected chi connectivity index (χ2v) is 6.00. The van der Waals surface area contributed by atoms with Crippen molar-refractivity contribution < 1.29 is 14.3 Å². The van der Waals surface area contributed by atoms with Gasteiger partial charge in [-0.15, -0.1) is 0 Å². The minimum Gasteiger partial charge on any atom is -0.496 e. The highest BCUT2D eigenvalue weighted by atomic mass is 35.5. The Morgan fingerprint density at radius 1 is 1.00 bits per heavy atom. The van der Waals surface area contributed by atoms with Gasteiger partial charge in [0.25, 0.3) is 0 Å². The van der Waals surface area contributed by atoms with E-state index in [1.54, 1.807) is 25.3 Å². The molecule has 0 unspecified atom stereocenters. The monoisotopic (exact) mass is 352 g/mol. The Morgan fingerprint density at radius 2 is 1.72 bits per heavy atom. The van der Waals surface area contributed by atoms with Crippen LogP contribution >= 0.6 is 11.6 Å². The molecule has 0 aliphatic heterocycles. The molecule has 0 aromatic heterocycles. The van der Waals surface area contributed by atoms with Gasteiger partial charge in [0.2, 0.25) is 0 Å². The van der Waals surface area contributed by atoms with Crippen LogP contribution in [-0.4, -0.2) is 13.1 Å². The predicted octanol–water partition coefficient (Wildman–Crippen LogP) is 5.43. The Labute approximate surface area is 151 Å². The Bertz CT molecular complexity index is 961. The molecule has 0 bridgehead atoms. The molecule has 3 aromatic carbocycles. The summed E-state index contributed by atoms with van der Waals surface area (Å²) in [5.41, 5.74) is 1.90. The van der Waals surface area contributed by atoms with E-state index >= 15 is 0 Å². The number of rotatable bonds is 4. The van der Waals surface area contributed by atoms with Crippen molar-refractivity contribution in [2.75, 3.05) is 7.11 Å². The smallest absolute Gasteiger partial charge is 0.336 e. The lowest BCUT2D eigenvalue weighted by atomic mass is 10.1. The van der Waals surface area contributed by atoms with Crippen LogP contribution < -0.4 is 9.47 Å². The molecule has 0 atom stereocenters. The highest BCUT2D eigenvalue weighted by molar-refractivity contribution is 6.35. The largest absolute Gasteiger partial charge is 0.496 e. The molecular weight excluding hydrogens is 336 g/mol. The molecule has 126 valence electrons. The van der Waals surface area contributed by atoms with Crippen molar-refractivity contribution in [2.45, 2.75) is 6.92 Å². The second-order valence-electron chi connectivity index (χ2n) is 5.59. The van der Waals surface area contributed by atoms with E-state index in [1.807, 2.05) is 49.4 Å². The van der Waals surface area contributed by atoms with E-state index in [2.05, 4.69) is 0 Å². The summed E-state index contributed by atoms with van der Waals surface area (Å²) < 4.78 is 10.8. The first-order valence-corrected chi connectivity index (χ1v) is 8.18. The summed E-state index contributed by atoms with van der Waals surface area (Å²) in [6.07, 6.45) is 3.08. The zero-order valence-electron chi connectivity index (χ0n) is 14.0. The van der Waals surface area contributed by atoms with Crippen molar-refractivity contribution in [3.05, 3.63) is 76.8 Å². The van der Waals surface area contributed by atoms with E-state index in [-0.39, 0.29) is 0 Å². The minimum atomic E-state index is -0.462. The topological polar surface area (TPSA) is 35.5 Å². The van der Waals surface area contributed by atoms with E-state index < -0.39 is 5.97 Å².